The van der Waals surface area contributed by atoms with Crippen LogP contribution in [0.2, 0.25) is 0 Å². The molecule has 0 saturated heterocycles. The normalized spacial score (nSPS) is 17.0. The molecular weight excluding hydrogens is 292 g/mol. The van der Waals surface area contributed by atoms with Crippen molar-refractivity contribution in [1.82, 2.24) is 10.6 Å². The van der Waals surface area contributed by atoms with Crippen molar-refractivity contribution in [3.8, 4) is 5.75 Å². The Bertz CT molecular complexity index is 718. The minimum absolute atomic E-state index is 0.0478. The van der Waals surface area contributed by atoms with E-state index in [0.29, 0.717) is 6.04 Å². The lowest BCUT2D eigenvalue weighted by Gasteiger charge is -2.18. The number of aryl methyl sites for hydroxylation is 1. The van der Waals surface area contributed by atoms with Crippen molar-refractivity contribution in [3.05, 3.63) is 29.5 Å². The molecule has 0 bridgehead atoms. The van der Waals surface area contributed by atoms with E-state index in [1.165, 1.54) is 0 Å². The second-order valence-electron chi connectivity index (χ2n) is 6.35. The number of benzene rings is 1. The monoisotopic (exact) mass is 316 g/mol. The molecule has 0 spiro atoms. The quantitative estimate of drug-likeness (QED) is 0.860. The zero-order chi connectivity index (χ0) is 16.6. The van der Waals surface area contributed by atoms with E-state index in [0.717, 1.165) is 40.9 Å². The Balaban J connectivity index is 1.75. The van der Waals surface area contributed by atoms with Gasteiger partial charge in [0.05, 0.1) is 19.2 Å². The Morgan fingerprint density at radius 2 is 2.09 bits per heavy atom. The summed E-state index contributed by atoms with van der Waals surface area (Å²) in [5, 5.41) is 7.39. The number of fused-ring (bicyclic) bond motifs is 1. The van der Waals surface area contributed by atoms with Gasteiger partial charge in [-0.1, -0.05) is 0 Å². The van der Waals surface area contributed by atoms with Crippen LogP contribution < -0.4 is 15.4 Å². The third-order valence-electron chi connectivity index (χ3n) is 4.39. The number of furan rings is 1. The standard InChI is InChI=1S/C18H24N2O3/c1-10-15-9-14(22-4)7-8-16(15)23-17(10)11(2)19-12(3)18(21)20-13-5-6-13/h7-9,11-13,19H,5-6H2,1-4H3,(H,20,21)/t11-,12-/m1/s1. The number of hydrogen-bond acceptors (Lipinski definition) is 4. The third-order valence-corrected chi connectivity index (χ3v) is 4.39. The van der Waals surface area contributed by atoms with E-state index < -0.39 is 0 Å². The van der Waals surface area contributed by atoms with Crippen LogP contribution in [0.4, 0.5) is 0 Å². The molecule has 23 heavy (non-hydrogen) atoms. The van der Waals surface area contributed by atoms with Gasteiger partial charge in [-0.05, 0) is 51.8 Å². The van der Waals surface area contributed by atoms with Gasteiger partial charge >= 0.3 is 0 Å². The number of ether oxygens (including phenoxy) is 1. The van der Waals surface area contributed by atoms with Crippen molar-refractivity contribution in [3.63, 3.8) is 0 Å². The summed E-state index contributed by atoms with van der Waals surface area (Å²) in [4.78, 5) is 12.1. The van der Waals surface area contributed by atoms with Gasteiger partial charge in [0.1, 0.15) is 17.1 Å². The Morgan fingerprint density at radius 3 is 2.74 bits per heavy atom. The van der Waals surface area contributed by atoms with Crippen LogP contribution in [0.3, 0.4) is 0 Å². The average Bonchev–Trinajstić information content (AvgIpc) is 3.29. The largest absolute Gasteiger partial charge is 0.497 e. The Hall–Kier alpha value is -2.01. The lowest BCUT2D eigenvalue weighted by atomic mass is 10.1. The highest BCUT2D eigenvalue weighted by Gasteiger charge is 2.27. The molecule has 124 valence electrons. The van der Waals surface area contributed by atoms with Crippen molar-refractivity contribution in [2.75, 3.05) is 7.11 Å². The van der Waals surface area contributed by atoms with Gasteiger partial charge in [0.25, 0.3) is 0 Å². The summed E-state index contributed by atoms with van der Waals surface area (Å²) >= 11 is 0. The van der Waals surface area contributed by atoms with Crippen molar-refractivity contribution < 1.29 is 13.9 Å². The number of methoxy groups -OCH3 is 1. The SMILES string of the molecule is COc1ccc2oc([C@@H](C)N[C@H](C)C(=O)NC3CC3)c(C)c2c1. The van der Waals surface area contributed by atoms with Gasteiger partial charge in [0, 0.05) is 17.0 Å². The topological polar surface area (TPSA) is 63.5 Å². The van der Waals surface area contributed by atoms with Crippen LogP contribution in [0, 0.1) is 6.92 Å². The number of amides is 1. The predicted octanol–water partition coefficient (Wildman–Crippen LogP) is 3.07. The number of rotatable bonds is 6. The van der Waals surface area contributed by atoms with Gasteiger partial charge in [0.15, 0.2) is 0 Å². The molecule has 0 radical (unpaired) electrons. The van der Waals surface area contributed by atoms with Crippen LogP contribution >= 0.6 is 0 Å². The minimum Gasteiger partial charge on any atom is -0.497 e. The van der Waals surface area contributed by atoms with Crippen LogP contribution in [-0.4, -0.2) is 25.1 Å². The van der Waals surface area contributed by atoms with Crippen LogP contribution in [0.1, 0.15) is 44.1 Å². The first-order valence-corrected chi connectivity index (χ1v) is 8.13. The van der Waals surface area contributed by atoms with Crippen LogP contribution in [-0.2, 0) is 4.79 Å². The molecule has 2 aromatic rings. The lowest BCUT2D eigenvalue weighted by molar-refractivity contribution is -0.123. The maximum absolute atomic E-state index is 12.1. The molecule has 2 atom stereocenters. The fraction of sp³-hybridized carbons (Fsp3) is 0.500. The molecule has 5 heteroatoms. The van der Waals surface area contributed by atoms with Gasteiger partial charge in [-0.25, -0.2) is 0 Å². The molecule has 1 aliphatic carbocycles. The van der Waals surface area contributed by atoms with Crippen molar-refractivity contribution >= 4 is 16.9 Å². The number of nitrogens with one attached hydrogen (secondary N) is 2. The summed E-state index contributed by atoms with van der Waals surface area (Å²) in [5.74, 6) is 1.72. The van der Waals surface area contributed by atoms with Gasteiger partial charge in [-0.3, -0.25) is 10.1 Å². The van der Waals surface area contributed by atoms with Gasteiger partial charge in [-0.2, -0.15) is 0 Å². The molecule has 2 N–H and O–H groups in total. The number of carbonyl (C=O) groups is 1. The molecule has 1 aliphatic rings. The zero-order valence-electron chi connectivity index (χ0n) is 14.1. The van der Waals surface area contributed by atoms with E-state index in [-0.39, 0.29) is 18.0 Å². The molecule has 0 aliphatic heterocycles. The van der Waals surface area contributed by atoms with Crippen LogP contribution in [0.25, 0.3) is 11.0 Å². The summed E-state index contributed by atoms with van der Waals surface area (Å²) in [6.45, 7) is 5.94. The van der Waals surface area contributed by atoms with Crippen LogP contribution in [0.15, 0.2) is 22.6 Å². The van der Waals surface area contributed by atoms with Crippen molar-refractivity contribution in [2.24, 2.45) is 0 Å². The Morgan fingerprint density at radius 1 is 1.35 bits per heavy atom. The zero-order valence-corrected chi connectivity index (χ0v) is 14.1. The fourth-order valence-corrected chi connectivity index (χ4v) is 2.84. The summed E-state index contributed by atoms with van der Waals surface area (Å²) in [6.07, 6.45) is 2.19. The summed E-state index contributed by atoms with van der Waals surface area (Å²) < 4.78 is 11.3. The maximum Gasteiger partial charge on any atom is 0.237 e. The molecular formula is C18H24N2O3. The first kappa shape index (κ1) is 15.9. The van der Waals surface area contributed by atoms with Crippen molar-refractivity contribution in [2.45, 2.75) is 51.7 Å². The molecule has 0 unspecified atom stereocenters. The number of carbonyl (C=O) groups excluding carboxylic acids is 1. The van der Waals surface area contributed by atoms with E-state index in [1.54, 1.807) is 7.11 Å². The van der Waals surface area contributed by atoms with E-state index >= 15 is 0 Å². The van der Waals surface area contributed by atoms with Gasteiger partial charge < -0.3 is 14.5 Å². The average molecular weight is 316 g/mol. The maximum atomic E-state index is 12.1. The van der Waals surface area contributed by atoms with E-state index in [2.05, 4.69) is 10.6 Å². The highest BCUT2D eigenvalue weighted by atomic mass is 16.5. The predicted molar refractivity (Wildman–Crippen MR) is 89.7 cm³/mol. The second-order valence-corrected chi connectivity index (χ2v) is 6.35. The summed E-state index contributed by atoms with van der Waals surface area (Å²) in [5.41, 5.74) is 1.91. The van der Waals surface area contributed by atoms with E-state index in [4.69, 9.17) is 9.15 Å². The van der Waals surface area contributed by atoms with Crippen LogP contribution in [0.5, 0.6) is 5.75 Å². The third kappa shape index (κ3) is 3.34. The van der Waals surface area contributed by atoms with Crippen molar-refractivity contribution in [1.29, 1.82) is 0 Å². The summed E-state index contributed by atoms with van der Waals surface area (Å²) in [7, 11) is 1.65. The second kappa shape index (κ2) is 6.24. The minimum atomic E-state index is -0.257. The Labute approximate surface area is 136 Å². The first-order chi connectivity index (χ1) is 11.0. The molecule has 1 heterocycles. The molecule has 1 fully saturated rings. The Kier molecular flexibility index (Phi) is 4.31. The first-order valence-electron chi connectivity index (χ1n) is 8.13. The van der Waals surface area contributed by atoms with Gasteiger partial charge in [-0.15, -0.1) is 0 Å². The molecule has 3 rings (SSSR count). The smallest absolute Gasteiger partial charge is 0.237 e. The number of hydrogen-bond donors (Lipinski definition) is 2. The molecule has 1 amide bonds. The van der Waals surface area contributed by atoms with E-state index in [1.807, 2.05) is 39.0 Å². The molecule has 5 nitrogen and oxygen atoms in total. The van der Waals surface area contributed by atoms with Gasteiger partial charge in [0.2, 0.25) is 5.91 Å². The highest BCUT2D eigenvalue weighted by Crippen LogP contribution is 2.32. The summed E-state index contributed by atoms with van der Waals surface area (Å²) in [6, 6.07) is 5.86. The highest BCUT2D eigenvalue weighted by molar-refractivity contribution is 5.84. The molecule has 1 aromatic carbocycles. The molecule has 1 aromatic heterocycles. The van der Waals surface area contributed by atoms with E-state index in [9.17, 15) is 4.79 Å². The fourth-order valence-electron chi connectivity index (χ4n) is 2.84. The molecule has 1 saturated carbocycles. The lowest BCUT2D eigenvalue weighted by Crippen LogP contribution is -2.43.